The molecular weight excluding hydrogens is 325 g/mol. The van der Waals surface area contributed by atoms with Crippen LogP contribution in [0.4, 0.5) is 4.39 Å². The Labute approximate surface area is 146 Å². The number of ether oxygens (including phenoxy) is 1. The van der Waals surface area contributed by atoms with Gasteiger partial charge in [-0.15, -0.1) is 0 Å². The van der Waals surface area contributed by atoms with Crippen LogP contribution in [0.15, 0.2) is 48.5 Å². The fourth-order valence-electron chi connectivity index (χ4n) is 2.15. The van der Waals surface area contributed by atoms with Crippen molar-refractivity contribution >= 4 is 17.7 Å². The first kappa shape index (κ1) is 18.3. The van der Waals surface area contributed by atoms with Crippen LogP contribution in [0, 0.1) is 12.7 Å². The molecule has 0 saturated carbocycles. The third-order valence-corrected chi connectivity index (χ3v) is 4.42. The molecule has 1 amide bonds. The summed E-state index contributed by atoms with van der Waals surface area (Å²) in [4.78, 5) is 12.0. The molecule has 3 nitrogen and oxygen atoms in total. The molecule has 2 aromatic rings. The molecule has 1 atom stereocenters. The van der Waals surface area contributed by atoms with E-state index in [0.717, 1.165) is 11.5 Å². The highest BCUT2D eigenvalue weighted by molar-refractivity contribution is 7.98. The average Bonchev–Trinajstić information content (AvgIpc) is 2.56. The van der Waals surface area contributed by atoms with Crippen LogP contribution < -0.4 is 10.1 Å². The number of aryl methyl sites for hydroxylation is 1. The van der Waals surface area contributed by atoms with E-state index in [1.807, 2.05) is 0 Å². The second-order valence-corrected chi connectivity index (χ2v) is 6.65. The summed E-state index contributed by atoms with van der Waals surface area (Å²) < 4.78 is 18.3. The second-order valence-electron chi connectivity index (χ2n) is 5.55. The van der Waals surface area contributed by atoms with Crippen molar-refractivity contribution in [2.75, 3.05) is 12.3 Å². The lowest BCUT2D eigenvalue weighted by atomic mass is 10.2. The summed E-state index contributed by atoms with van der Waals surface area (Å²) in [7, 11) is 0. The lowest BCUT2D eigenvalue weighted by molar-refractivity contribution is -0.127. The Morgan fingerprint density at radius 1 is 1.25 bits per heavy atom. The zero-order chi connectivity index (χ0) is 17.4. The van der Waals surface area contributed by atoms with Crippen LogP contribution in [0.3, 0.4) is 0 Å². The van der Waals surface area contributed by atoms with Gasteiger partial charge in [0.05, 0.1) is 0 Å². The van der Waals surface area contributed by atoms with Gasteiger partial charge >= 0.3 is 0 Å². The Balaban J connectivity index is 1.64. The van der Waals surface area contributed by atoms with Gasteiger partial charge in [0.2, 0.25) is 0 Å². The first-order valence-electron chi connectivity index (χ1n) is 7.88. The van der Waals surface area contributed by atoms with Crippen LogP contribution in [-0.4, -0.2) is 24.3 Å². The number of thioether (sulfide) groups is 1. The first-order valence-corrected chi connectivity index (χ1v) is 9.03. The summed E-state index contributed by atoms with van der Waals surface area (Å²) in [5, 5.41) is 2.85. The van der Waals surface area contributed by atoms with E-state index < -0.39 is 6.10 Å². The van der Waals surface area contributed by atoms with Crippen LogP contribution in [-0.2, 0) is 10.5 Å². The molecule has 0 aliphatic carbocycles. The highest BCUT2D eigenvalue weighted by Gasteiger charge is 2.13. The van der Waals surface area contributed by atoms with E-state index in [4.69, 9.17) is 4.74 Å². The highest BCUT2D eigenvalue weighted by Crippen LogP contribution is 2.14. The van der Waals surface area contributed by atoms with Crippen molar-refractivity contribution in [3.05, 3.63) is 65.5 Å². The van der Waals surface area contributed by atoms with E-state index in [2.05, 4.69) is 36.5 Å². The van der Waals surface area contributed by atoms with Crippen molar-refractivity contribution in [2.45, 2.75) is 25.7 Å². The fraction of sp³-hybridized carbons (Fsp3) is 0.316. The van der Waals surface area contributed by atoms with Crippen molar-refractivity contribution in [2.24, 2.45) is 0 Å². The van der Waals surface area contributed by atoms with Crippen molar-refractivity contribution < 1.29 is 13.9 Å². The molecule has 0 aromatic heterocycles. The third-order valence-electron chi connectivity index (χ3n) is 3.39. The van der Waals surface area contributed by atoms with Crippen molar-refractivity contribution in [1.29, 1.82) is 0 Å². The fourth-order valence-corrected chi connectivity index (χ4v) is 2.96. The Bertz CT molecular complexity index is 661. The summed E-state index contributed by atoms with van der Waals surface area (Å²) in [5.74, 6) is 1.75. The van der Waals surface area contributed by atoms with E-state index >= 15 is 0 Å². The van der Waals surface area contributed by atoms with Crippen LogP contribution in [0.25, 0.3) is 0 Å². The normalized spacial score (nSPS) is 11.8. The summed E-state index contributed by atoms with van der Waals surface area (Å²) >= 11 is 1.78. The number of hydrogen-bond acceptors (Lipinski definition) is 3. The Hall–Kier alpha value is -2.01. The minimum atomic E-state index is -0.614. The molecule has 1 N–H and O–H groups in total. The largest absolute Gasteiger partial charge is 0.481 e. The maximum absolute atomic E-state index is 12.8. The lowest BCUT2D eigenvalue weighted by Gasteiger charge is -2.14. The topological polar surface area (TPSA) is 38.3 Å². The zero-order valence-corrected chi connectivity index (χ0v) is 14.7. The van der Waals surface area contributed by atoms with Crippen molar-refractivity contribution in [3.63, 3.8) is 0 Å². The number of rotatable bonds is 8. The molecule has 0 bridgehead atoms. The van der Waals surface area contributed by atoms with E-state index in [1.54, 1.807) is 18.7 Å². The van der Waals surface area contributed by atoms with Gasteiger partial charge in [0.15, 0.2) is 6.10 Å². The summed E-state index contributed by atoms with van der Waals surface area (Å²) in [6.45, 7) is 4.35. The average molecular weight is 347 g/mol. The zero-order valence-electron chi connectivity index (χ0n) is 13.9. The number of hydrogen-bond donors (Lipinski definition) is 1. The molecule has 0 aliphatic rings. The molecule has 5 heteroatoms. The number of carbonyl (C=O) groups excluding carboxylic acids is 1. The SMILES string of the molecule is Cc1cccc(CSCCNC(=O)[C@@H](C)Oc2ccc(F)cc2)c1. The highest BCUT2D eigenvalue weighted by atomic mass is 32.2. The number of nitrogens with one attached hydrogen (secondary N) is 1. The molecule has 0 heterocycles. The van der Waals surface area contributed by atoms with Crippen LogP contribution in [0.2, 0.25) is 0 Å². The van der Waals surface area contributed by atoms with Gasteiger partial charge in [-0.05, 0) is 43.7 Å². The molecule has 0 radical (unpaired) electrons. The van der Waals surface area contributed by atoms with Crippen LogP contribution >= 0.6 is 11.8 Å². The van der Waals surface area contributed by atoms with Crippen LogP contribution in [0.1, 0.15) is 18.1 Å². The number of amides is 1. The smallest absolute Gasteiger partial charge is 0.260 e. The Morgan fingerprint density at radius 3 is 2.71 bits per heavy atom. The molecule has 0 aliphatic heterocycles. The van der Waals surface area contributed by atoms with Crippen molar-refractivity contribution in [3.8, 4) is 5.75 Å². The van der Waals surface area contributed by atoms with Gasteiger partial charge in [0.1, 0.15) is 11.6 Å². The van der Waals surface area contributed by atoms with Gasteiger partial charge in [-0.25, -0.2) is 4.39 Å². The second kappa shape index (κ2) is 9.33. The molecule has 24 heavy (non-hydrogen) atoms. The van der Waals surface area contributed by atoms with E-state index in [9.17, 15) is 9.18 Å². The number of halogens is 1. The molecule has 0 spiro atoms. The molecule has 0 saturated heterocycles. The monoisotopic (exact) mass is 347 g/mol. The molecule has 128 valence electrons. The molecule has 0 fully saturated rings. The Kier molecular flexibility index (Phi) is 7.12. The molecular formula is C19H22FNO2S. The first-order chi connectivity index (χ1) is 11.5. The van der Waals surface area contributed by atoms with E-state index in [1.165, 1.54) is 35.4 Å². The predicted octanol–water partition coefficient (Wildman–Crippen LogP) is 3.95. The molecule has 2 rings (SSSR count). The molecule has 0 unspecified atom stereocenters. The minimum Gasteiger partial charge on any atom is -0.481 e. The van der Waals surface area contributed by atoms with Gasteiger partial charge in [-0.3, -0.25) is 4.79 Å². The van der Waals surface area contributed by atoms with E-state index in [-0.39, 0.29) is 11.7 Å². The maximum Gasteiger partial charge on any atom is 0.260 e. The van der Waals surface area contributed by atoms with Gasteiger partial charge < -0.3 is 10.1 Å². The number of benzene rings is 2. The number of carbonyl (C=O) groups is 1. The predicted molar refractivity (Wildman–Crippen MR) is 96.8 cm³/mol. The summed E-state index contributed by atoms with van der Waals surface area (Å²) in [6.07, 6.45) is -0.614. The lowest BCUT2D eigenvalue weighted by Crippen LogP contribution is -2.37. The minimum absolute atomic E-state index is 0.171. The summed E-state index contributed by atoms with van der Waals surface area (Å²) in [5.41, 5.74) is 2.55. The standard InChI is InChI=1S/C19H22FNO2S/c1-14-4-3-5-16(12-14)13-24-11-10-21-19(22)15(2)23-18-8-6-17(20)7-9-18/h3-9,12,15H,10-11,13H2,1-2H3,(H,21,22)/t15-/m1/s1. The third kappa shape index (κ3) is 6.24. The van der Waals surface area contributed by atoms with Gasteiger partial charge in [-0.2, -0.15) is 11.8 Å². The molecule has 2 aromatic carbocycles. The van der Waals surface area contributed by atoms with E-state index in [0.29, 0.717) is 12.3 Å². The van der Waals surface area contributed by atoms with Gasteiger partial charge in [0, 0.05) is 18.1 Å². The van der Waals surface area contributed by atoms with Crippen LogP contribution in [0.5, 0.6) is 5.75 Å². The Morgan fingerprint density at radius 2 is 2.00 bits per heavy atom. The van der Waals surface area contributed by atoms with Gasteiger partial charge in [0.25, 0.3) is 5.91 Å². The summed E-state index contributed by atoms with van der Waals surface area (Å²) in [6, 6.07) is 14.1. The van der Waals surface area contributed by atoms with Crippen molar-refractivity contribution in [1.82, 2.24) is 5.32 Å². The maximum atomic E-state index is 12.8. The quantitative estimate of drug-likeness (QED) is 0.735. The van der Waals surface area contributed by atoms with Gasteiger partial charge in [-0.1, -0.05) is 29.8 Å².